The molecule has 2 heterocycles. The highest BCUT2D eigenvalue weighted by molar-refractivity contribution is 7.89. The number of benzene rings is 1. The van der Waals surface area contributed by atoms with Crippen LogP contribution in [-0.4, -0.2) is 45.5 Å². The monoisotopic (exact) mass is 352 g/mol. The summed E-state index contributed by atoms with van der Waals surface area (Å²) in [5, 5.41) is 3.56. The van der Waals surface area contributed by atoms with Gasteiger partial charge >= 0.3 is 0 Å². The predicted molar refractivity (Wildman–Crippen MR) is 95.0 cm³/mol. The molecule has 3 rings (SSSR count). The molecule has 0 spiro atoms. The van der Waals surface area contributed by atoms with Gasteiger partial charge in [0.1, 0.15) is 10.6 Å². The minimum absolute atomic E-state index is 0.306. The zero-order valence-electron chi connectivity index (χ0n) is 14.8. The summed E-state index contributed by atoms with van der Waals surface area (Å²) in [6.45, 7) is 6.11. The standard InChI is InChI=1S/C18H28N2O3S/c1-13-11-14(2)18(23-3)17(12-13)24(21,22)20-9-6-15(7-10-20)16-5-4-8-19-16/h11-12,15-16,19H,4-10H2,1-3H3. The minimum Gasteiger partial charge on any atom is -0.495 e. The first-order valence-corrected chi connectivity index (χ1v) is 10.3. The Balaban J connectivity index is 1.79. The number of sulfonamides is 1. The molecule has 2 aliphatic rings. The van der Waals surface area contributed by atoms with E-state index in [-0.39, 0.29) is 0 Å². The van der Waals surface area contributed by atoms with Crippen molar-refractivity contribution < 1.29 is 13.2 Å². The average molecular weight is 353 g/mol. The molecule has 24 heavy (non-hydrogen) atoms. The fourth-order valence-corrected chi connectivity index (χ4v) is 5.92. The topological polar surface area (TPSA) is 58.6 Å². The van der Waals surface area contributed by atoms with Crippen LogP contribution in [-0.2, 0) is 10.0 Å². The zero-order chi connectivity index (χ0) is 17.3. The predicted octanol–water partition coefficient (Wildman–Crippen LogP) is 2.46. The fourth-order valence-electron chi connectivity index (χ4n) is 4.14. The van der Waals surface area contributed by atoms with E-state index in [4.69, 9.17) is 4.74 Å². The van der Waals surface area contributed by atoms with Crippen molar-refractivity contribution in [1.29, 1.82) is 0 Å². The van der Waals surface area contributed by atoms with Gasteiger partial charge < -0.3 is 10.1 Å². The van der Waals surface area contributed by atoms with Crippen molar-refractivity contribution in [2.75, 3.05) is 26.7 Å². The normalized spacial score (nSPS) is 23.5. The van der Waals surface area contributed by atoms with Crippen molar-refractivity contribution in [3.63, 3.8) is 0 Å². The molecule has 0 bridgehead atoms. The number of nitrogens with one attached hydrogen (secondary N) is 1. The first-order chi connectivity index (χ1) is 11.4. The van der Waals surface area contributed by atoms with Crippen LogP contribution < -0.4 is 10.1 Å². The van der Waals surface area contributed by atoms with Gasteiger partial charge in [0.25, 0.3) is 0 Å². The molecule has 2 saturated heterocycles. The Labute approximate surface area is 145 Å². The smallest absolute Gasteiger partial charge is 0.246 e. The third kappa shape index (κ3) is 3.32. The Bertz CT molecular complexity index is 688. The summed E-state index contributed by atoms with van der Waals surface area (Å²) in [7, 11) is -1.97. The van der Waals surface area contributed by atoms with E-state index >= 15 is 0 Å². The van der Waals surface area contributed by atoms with Gasteiger partial charge in [-0.25, -0.2) is 8.42 Å². The molecule has 0 aromatic heterocycles. The SMILES string of the molecule is COc1c(C)cc(C)cc1S(=O)(=O)N1CCC(C2CCCN2)CC1. The summed E-state index contributed by atoms with van der Waals surface area (Å²) < 4.78 is 33.3. The van der Waals surface area contributed by atoms with E-state index in [2.05, 4.69) is 5.32 Å². The lowest BCUT2D eigenvalue weighted by Crippen LogP contribution is -2.43. The van der Waals surface area contributed by atoms with Gasteiger partial charge in [0.05, 0.1) is 7.11 Å². The van der Waals surface area contributed by atoms with Crippen LogP contribution in [0.3, 0.4) is 0 Å². The third-order valence-electron chi connectivity index (χ3n) is 5.37. The van der Waals surface area contributed by atoms with Crippen molar-refractivity contribution in [2.45, 2.75) is 50.5 Å². The summed E-state index contributed by atoms with van der Waals surface area (Å²) in [6.07, 6.45) is 4.33. The Kier molecular flexibility index (Phi) is 5.18. The molecule has 5 nitrogen and oxygen atoms in total. The van der Waals surface area contributed by atoms with E-state index in [0.717, 1.165) is 30.5 Å². The van der Waals surface area contributed by atoms with Crippen molar-refractivity contribution >= 4 is 10.0 Å². The van der Waals surface area contributed by atoms with Crippen molar-refractivity contribution in [2.24, 2.45) is 5.92 Å². The molecule has 1 N–H and O–H groups in total. The van der Waals surface area contributed by atoms with Gasteiger partial charge in [-0.15, -0.1) is 0 Å². The van der Waals surface area contributed by atoms with Crippen LogP contribution in [0.5, 0.6) is 5.75 Å². The highest BCUT2D eigenvalue weighted by Crippen LogP contribution is 2.34. The molecular formula is C18H28N2O3S. The van der Waals surface area contributed by atoms with E-state index in [1.54, 1.807) is 10.4 Å². The number of nitrogens with zero attached hydrogens (tertiary/aromatic N) is 1. The molecule has 0 aliphatic carbocycles. The maximum atomic E-state index is 13.1. The molecule has 1 aromatic rings. The lowest BCUT2D eigenvalue weighted by atomic mass is 9.89. The first kappa shape index (κ1) is 17.7. The van der Waals surface area contributed by atoms with Crippen molar-refractivity contribution in [3.05, 3.63) is 23.3 Å². The fraction of sp³-hybridized carbons (Fsp3) is 0.667. The molecular weight excluding hydrogens is 324 g/mol. The van der Waals surface area contributed by atoms with Crippen LogP contribution in [0.1, 0.15) is 36.8 Å². The zero-order valence-corrected chi connectivity index (χ0v) is 15.7. The number of hydrogen-bond acceptors (Lipinski definition) is 4. The molecule has 6 heteroatoms. The van der Waals surface area contributed by atoms with E-state index in [9.17, 15) is 8.42 Å². The average Bonchev–Trinajstić information content (AvgIpc) is 3.09. The third-order valence-corrected chi connectivity index (χ3v) is 7.28. The summed E-state index contributed by atoms with van der Waals surface area (Å²) >= 11 is 0. The Morgan fingerprint density at radius 3 is 2.46 bits per heavy atom. The van der Waals surface area contributed by atoms with Gasteiger partial charge in [-0.05, 0) is 69.2 Å². The van der Waals surface area contributed by atoms with Gasteiger partial charge in [-0.1, -0.05) is 6.07 Å². The molecule has 1 unspecified atom stereocenters. The van der Waals surface area contributed by atoms with Crippen LogP contribution in [0.4, 0.5) is 0 Å². The van der Waals surface area contributed by atoms with Crippen LogP contribution in [0.25, 0.3) is 0 Å². The van der Waals surface area contributed by atoms with Crippen LogP contribution in [0.2, 0.25) is 0 Å². The first-order valence-electron chi connectivity index (χ1n) is 8.82. The minimum atomic E-state index is -3.51. The lowest BCUT2D eigenvalue weighted by molar-refractivity contribution is 0.233. The summed E-state index contributed by atoms with van der Waals surface area (Å²) in [5.41, 5.74) is 1.80. The van der Waals surface area contributed by atoms with Gasteiger partial charge in [0, 0.05) is 19.1 Å². The lowest BCUT2D eigenvalue weighted by Gasteiger charge is -2.34. The second kappa shape index (κ2) is 7.02. The van der Waals surface area contributed by atoms with E-state index in [1.165, 1.54) is 20.0 Å². The maximum absolute atomic E-state index is 13.1. The van der Waals surface area contributed by atoms with Gasteiger partial charge in [-0.3, -0.25) is 0 Å². The molecule has 0 amide bonds. The molecule has 0 saturated carbocycles. The molecule has 1 aromatic carbocycles. The highest BCUT2D eigenvalue weighted by atomic mass is 32.2. The molecule has 2 aliphatic heterocycles. The van der Waals surface area contributed by atoms with Crippen LogP contribution >= 0.6 is 0 Å². The van der Waals surface area contributed by atoms with Crippen LogP contribution in [0.15, 0.2) is 17.0 Å². The second-order valence-electron chi connectivity index (χ2n) is 7.06. The number of rotatable bonds is 4. The van der Waals surface area contributed by atoms with Crippen molar-refractivity contribution in [3.8, 4) is 5.75 Å². The highest BCUT2D eigenvalue weighted by Gasteiger charge is 2.35. The number of hydrogen-bond donors (Lipinski definition) is 1. The van der Waals surface area contributed by atoms with Crippen molar-refractivity contribution in [1.82, 2.24) is 9.62 Å². The Morgan fingerprint density at radius 1 is 1.17 bits per heavy atom. The summed E-state index contributed by atoms with van der Waals surface area (Å²) in [6, 6.07) is 4.26. The van der Waals surface area contributed by atoms with E-state index in [1.807, 2.05) is 19.9 Å². The quantitative estimate of drug-likeness (QED) is 0.904. The van der Waals surface area contributed by atoms with Gasteiger partial charge in [0.15, 0.2) is 0 Å². The number of ether oxygens (including phenoxy) is 1. The maximum Gasteiger partial charge on any atom is 0.246 e. The van der Waals surface area contributed by atoms with Crippen LogP contribution in [0, 0.1) is 19.8 Å². The molecule has 1 atom stereocenters. The molecule has 0 radical (unpaired) electrons. The molecule has 2 fully saturated rings. The number of piperidine rings is 1. The summed E-state index contributed by atoms with van der Waals surface area (Å²) in [4.78, 5) is 0.306. The van der Waals surface area contributed by atoms with E-state index < -0.39 is 10.0 Å². The largest absolute Gasteiger partial charge is 0.495 e. The molecule has 134 valence electrons. The number of methoxy groups -OCH3 is 1. The number of aryl methyl sites for hydroxylation is 2. The van der Waals surface area contributed by atoms with Gasteiger partial charge in [-0.2, -0.15) is 4.31 Å². The Morgan fingerprint density at radius 2 is 1.88 bits per heavy atom. The van der Waals surface area contributed by atoms with E-state index in [0.29, 0.717) is 35.7 Å². The summed E-state index contributed by atoms with van der Waals surface area (Å²) in [5.74, 6) is 1.07. The van der Waals surface area contributed by atoms with Gasteiger partial charge in [0.2, 0.25) is 10.0 Å². The second-order valence-corrected chi connectivity index (χ2v) is 8.96. The Hall–Kier alpha value is -1.11.